The highest BCUT2D eigenvalue weighted by Gasteiger charge is 2.17. The van der Waals surface area contributed by atoms with Crippen LogP contribution in [0.1, 0.15) is 16.9 Å². The lowest BCUT2D eigenvalue weighted by Crippen LogP contribution is -2.19. The first-order valence-electron chi connectivity index (χ1n) is 8.59. The molecule has 0 fully saturated rings. The fraction of sp³-hybridized carbons (Fsp3) is 0.105. The van der Waals surface area contributed by atoms with E-state index in [1.54, 1.807) is 24.3 Å². The van der Waals surface area contributed by atoms with Gasteiger partial charge in [-0.1, -0.05) is 11.6 Å². The Bertz CT molecular complexity index is 1100. The number of anilines is 1. The minimum atomic E-state index is -1.03. The van der Waals surface area contributed by atoms with Gasteiger partial charge in [-0.15, -0.1) is 0 Å². The predicted octanol–water partition coefficient (Wildman–Crippen LogP) is 3.96. The number of carbonyl (C=O) groups is 2. The quantitative estimate of drug-likeness (QED) is 0.407. The van der Waals surface area contributed by atoms with Gasteiger partial charge in [0.2, 0.25) is 0 Å². The van der Waals surface area contributed by atoms with Gasteiger partial charge in [-0.3, -0.25) is 24.4 Å². The minimum absolute atomic E-state index is 0.00491. The van der Waals surface area contributed by atoms with E-state index in [2.05, 4.69) is 10.4 Å². The largest absolute Gasteiger partial charge is 0.481 e. The molecule has 0 aliphatic rings. The summed E-state index contributed by atoms with van der Waals surface area (Å²) in [5.41, 5.74) is -0.0387. The van der Waals surface area contributed by atoms with E-state index in [0.29, 0.717) is 10.8 Å². The molecule has 1 aromatic heterocycles. The smallest absolute Gasteiger partial charge is 0.305 e. The number of benzene rings is 2. The van der Waals surface area contributed by atoms with Crippen LogP contribution in [0.15, 0.2) is 54.7 Å². The van der Waals surface area contributed by atoms with Gasteiger partial charge in [0.15, 0.2) is 0 Å². The molecule has 0 aliphatic carbocycles. The Kier molecular flexibility index (Phi) is 6.28. The predicted molar refractivity (Wildman–Crippen MR) is 107 cm³/mol. The van der Waals surface area contributed by atoms with E-state index in [9.17, 15) is 19.7 Å². The monoisotopic (exact) mass is 430 g/mol. The molecule has 0 spiro atoms. The second-order valence-corrected chi connectivity index (χ2v) is 6.50. The van der Waals surface area contributed by atoms with Crippen LogP contribution in [0, 0.1) is 10.1 Å². The highest BCUT2D eigenvalue weighted by Crippen LogP contribution is 2.30. The maximum Gasteiger partial charge on any atom is 0.305 e. The zero-order chi connectivity index (χ0) is 21.7. The third-order valence-electron chi connectivity index (χ3n) is 3.90. The summed E-state index contributed by atoms with van der Waals surface area (Å²) in [6, 6.07) is 11.7. The number of rotatable bonds is 8. The number of nitro groups is 1. The molecule has 3 aromatic rings. The van der Waals surface area contributed by atoms with Crippen LogP contribution in [0.5, 0.6) is 11.5 Å². The van der Waals surface area contributed by atoms with E-state index in [-0.39, 0.29) is 35.8 Å². The summed E-state index contributed by atoms with van der Waals surface area (Å²) in [4.78, 5) is 34.0. The Morgan fingerprint density at radius 2 is 1.90 bits per heavy atom. The van der Waals surface area contributed by atoms with Crippen molar-refractivity contribution in [3.63, 3.8) is 0 Å². The Morgan fingerprint density at radius 3 is 2.57 bits per heavy atom. The van der Waals surface area contributed by atoms with Crippen molar-refractivity contribution >= 4 is 34.9 Å². The average molecular weight is 431 g/mol. The molecule has 0 radical (unpaired) electrons. The van der Waals surface area contributed by atoms with E-state index in [1.165, 1.54) is 35.1 Å². The lowest BCUT2D eigenvalue weighted by Gasteiger charge is -2.10. The number of aliphatic carboxylic acids is 1. The van der Waals surface area contributed by atoms with Crippen molar-refractivity contribution in [1.82, 2.24) is 9.78 Å². The van der Waals surface area contributed by atoms with Crippen LogP contribution >= 0.6 is 11.6 Å². The number of aromatic nitrogens is 2. The number of hydrogen-bond donors (Lipinski definition) is 2. The first-order chi connectivity index (χ1) is 14.3. The van der Waals surface area contributed by atoms with Crippen molar-refractivity contribution in [3.8, 4) is 11.5 Å². The number of halogens is 1. The zero-order valence-electron chi connectivity index (χ0n) is 15.3. The van der Waals surface area contributed by atoms with Crippen molar-refractivity contribution in [2.45, 2.75) is 13.0 Å². The van der Waals surface area contributed by atoms with Gasteiger partial charge in [0.05, 0.1) is 29.6 Å². The highest BCUT2D eigenvalue weighted by atomic mass is 35.5. The van der Waals surface area contributed by atoms with Gasteiger partial charge in [-0.25, -0.2) is 0 Å². The Morgan fingerprint density at radius 1 is 1.17 bits per heavy atom. The third-order valence-corrected chi connectivity index (χ3v) is 4.15. The molecule has 1 heterocycles. The molecule has 154 valence electrons. The Hall–Kier alpha value is -3.92. The second-order valence-electron chi connectivity index (χ2n) is 6.07. The molecular formula is C19H15ClN4O6. The summed E-state index contributed by atoms with van der Waals surface area (Å²) < 4.78 is 6.87. The van der Waals surface area contributed by atoms with Gasteiger partial charge in [0.25, 0.3) is 11.6 Å². The number of ether oxygens (including phenoxy) is 1. The van der Waals surface area contributed by atoms with Crippen LogP contribution in [0.4, 0.5) is 11.4 Å². The molecule has 0 atom stereocenters. The summed E-state index contributed by atoms with van der Waals surface area (Å²) >= 11 is 5.83. The molecule has 11 heteroatoms. The molecule has 0 aliphatic heterocycles. The SMILES string of the molecule is O=C(O)CCn1nccc1C(=O)Nc1cc(Oc2ccc(Cl)cc2)cc([N+](=O)[O-])c1. The van der Waals surface area contributed by atoms with E-state index in [1.807, 2.05) is 0 Å². The van der Waals surface area contributed by atoms with E-state index in [4.69, 9.17) is 21.4 Å². The number of aryl methyl sites for hydroxylation is 1. The van der Waals surface area contributed by atoms with Gasteiger partial charge in [0, 0.05) is 23.4 Å². The summed E-state index contributed by atoms with van der Waals surface area (Å²) in [6.07, 6.45) is 1.15. The zero-order valence-corrected chi connectivity index (χ0v) is 16.1. The Balaban J connectivity index is 1.83. The molecule has 0 unspecified atom stereocenters. The average Bonchev–Trinajstić information content (AvgIpc) is 3.17. The molecule has 0 saturated heterocycles. The van der Waals surface area contributed by atoms with Crippen LogP contribution in [-0.4, -0.2) is 31.7 Å². The van der Waals surface area contributed by atoms with Crippen molar-refractivity contribution in [1.29, 1.82) is 0 Å². The van der Waals surface area contributed by atoms with Crippen molar-refractivity contribution in [3.05, 3.63) is 75.6 Å². The summed E-state index contributed by atoms with van der Waals surface area (Å²) in [5, 5.41) is 27.1. The van der Waals surface area contributed by atoms with Crippen molar-refractivity contribution in [2.75, 3.05) is 5.32 Å². The van der Waals surface area contributed by atoms with Crippen molar-refractivity contribution < 1.29 is 24.4 Å². The van der Waals surface area contributed by atoms with E-state index < -0.39 is 16.8 Å². The number of nitrogens with one attached hydrogen (secondary N) is 1. The minimum Gasteiger partial charge on any atom is -0.481 e. The maximum absolute atomic E-state index is 12.6. The van der Waals surface area contributed by atoms with Gasteiger partial charge < -0.3 is 15.2 Å². The van der Waals surface area contributed by atoms with Crippen LogP contribution in [0.2, 0.25) is 5.02 Å². The first-order valence-corrected chi connectivity index (χ1v) is 8.97. The molecule has 1 amide bonds. The number of carbonyl (C=O) groups excluding carboxylic acids is 1. The van der Waals surface area contributed by atoms with E-state index in [0.717, 1.165) is 0 Å². The fourth-order valence-corrected chi connectivity index (χ4v) is 2.68. The highest BCUT2D eigenvalue weighted by molar-refractivity contribution is 6.30. The van der Waals surface area contributed by atoms with Gasteiger partial charge in [-0.2, -0.15) is 5.10 Å². The first kappa shape index (κ1) is 20.8. The molecular weight excluding hydrogens is 416 g/mol. The number of amides is 1. The number of carboxylic acids is 1. The topological polar surface area (TPSA) is 137 Å². The molecule has 0 bridgehead atoms. The van der Waals surface area contributed by atoms with Gasteiger partial charge >= 0.3 is 5.97 Å². The number of non-ortho nitro benzene ring substituents is 1. The molecule has 3 rings (SSSR count). The third kappa shape index (κ3) is 5.32. The van der Waals surface area contributed by atoms with Gasteiger partial charge in [-0.05, 0) is 30.3 Å². The summed E-state index contributed by atoms with van der Waals surface area (Å²) in [5.74, 6) is -1.08. The lowest BCUT2D eigenvalue weighted by atomic mass is 10.2. The second kappa shape index (κ2) is 9.05. The summed E-state index contributed by atoms with van der Waals surface area (Å²) in [6.45, 7) is 0.00491. The molecule has 2 N–H and O–H groups in total. The summed E-state index contributed by atoms with van der Waals surface area (Å²) in [7, 11) is 0. The number of hydrogen-bond acceptors (Lipinski definition) is 6. The normalized spacial score (nSPS) is 10.4. The number of nitrogens with zero attached hydrogens (tertiary/aromatic N) is 3. The van der Waals surface area contributed by atoms with Crippen LogP contribution < -0.4 is 10.1 Å². The molecule has 2 aromatic carbocycles. The standard InChI is InChI=1S/C19H15ClN4O6/c20-12-1-3-15(4-2-12)30-16-10-13(9-14(11-16)24(28)29)22-19(27)17-5-7-21-23(17)8-6-18(25)26/h1-5,7,9-11H,6,8H2,(H,22,27)(H,25,26). The van der Waals surface area contributed by atoms with Crippen LogP contribution in [0.3, 0.4) is 0 Å². The number of nitro benzene ring substituents is 1. The van der Waals surface area contributed by atoms with Gasteiger partial charge in [0.1, 0.15) is 17.2 Å². The molecule has 30 heavy (non-hydrogen) atoms. The molecule has 10 nitrogen and oxygen atoms in total. The van der Waals surface area contributed by atoms with Crippen molar-refractivity contribution in [2.24, 2.45) is 0 Å². The van der Waals surface area contributed by atoms with Crippen LogP contribution in [0.25, 0.3) is 0 Å². The fourth-order valence-electron chi connectivity index (χ4n) is 2.56. The molecule has 0 saturated carbocycles. The van der Waals surface area contributed by atoms with E-state index >= 15 is 0 Å². The number of carboxylic acid groups (broad SMARTS) is 1. The maximum atomic E-state index is 12.6. The lowest BCUT2D eigenvalue weighted by molar-refractivity contribution is -0.384. The Labute approximate surface area is 174 Å². The van der Waals surface area contributed by atoms with Crippen LogP contribution in [-0.2, 0) is 11.3 Å².